The number of furan rings is 1. The lowest BCUT2D eigenvalue weighted by Gasteiger charge is -2.27. The fourth-order valence-corrected chi connectivity index (χ4v) is 7.21. The first kappa shape index (κ1) is 28.3. The van der Waals surface area contributed by atoms with Gasteiger partial charge in [-0.3, -0.25) is 0 Å². The highest BCUT2D eigenvalue weighted by atomic mass is 16.3. The third-order valence-corrected chi connectivity index (χ3v) is 9.56. The summed E-state index contributed by atoms with van der Waals surface area (Å²) in [4.78, 5) is 12.7. The summed E-state index contributed by atoms with van der Waals surface area (Å²) >= 11 is 0. The number of benzene rings is 7. The molecule has 0 radical (unpaired) electrons. The molecule has 0 atom stereocenters. The standard InChI is InChI=1S/C46H29N3O/c1-3-12-30(13-4-1)41-29-42-34-17-9-14-31(24-34)32-15-11-21-37(26-32)49(36-19-5-2-6-20-36)38-27-40(33-16-10-18-35(25-33)46(47-41)48-42)45-39-22-7-8-23-43(39)50-44(45)28-38/h1-29H. The molecule has 0 N–H and O–H groups in total. The molecule has 1 aliphatic heterocycles. The van der Waals surface area contributed by atoms with Gasteiger partial charge in [0, 0.05) is 44.9 Å². The fourth-order valence-electron chi connectivity index (χ4n) is 7.21. The average molecular weight is 640 g/mol. The van der Waals surface area contributed by atoms with Crippen LogP contribution in [0.25, 0.3) is 78.1 Å². The summed E-state index contributed by atoms with van der Waals surface area (Å²) in [6.07, 6.45) is 0. The van der Waals surface area contributed by atoms with Gasteiger partial charge in [-0.2, -0.15) is 0 Å². The van der Waals surface area contributed by atoms with Gasteiger partial charge in [-0.05, 0) is 76.9 Å². The Kier molecular flexibility index (Phi) is 6.46. The van der Waals surface area contributed by atoms with Crippen molar-refractivity contribution in [1.29, 1.82) is 0 Å². The summed E-state index contributed by atoms with van der Waals surface area (Å²) in [5.41, 5.74) is 14.0. The van der Waals surface area contributed by atoms with Crippen LogP contribution in [0.15, 0.2) is 180 Å². The first-order chi connectivity index (χ1) is 24.7. The number of rotatable bonds is 2. The van der Waals surface area contributed by atoms with E-state index in [0.29, 0.717) is 5.82 Å². The van der Waals surface area contributed by atoms with Crippen molar-refractivity contribution in [3.63, 3.8) is 0 Å². The second kappa shape index (κ2) is 11.4. The Morgan fingerprint density at radius 2 is 0.980 bits per heavy atom. The van der Waals surface area contributed by atoms with Crippen LogP contribution in [0.3, 0.4) is 0 Å². The van der Waals surface area contributed by atoms with E-state index in [1.807, 2.05) is 18.2 Å². The third-order valence-electron chi connectivity index (χ3n) is 9.56. The van der Waals surface area contributed by atoms with Crippen LogP contribution in [0.2, 0.25) is 0 Å². The van der Waals surface area contributed by atoms with Gasteiger partial charge in [-0.1, -0.05) is 115 Å². The summed E-state index contributed by atoms with van der Waals surface area (Å²) in [5.74, 6) is 0.679. The molecule has 0 fully saturated rings. The molecule has 50 heavy (non-hydrogen) atoms. The third kappa shape index (κ3) is 4.77. The lowest BCUT2D eigenvalue weighted by atomic mass is 9.95. The van der Waals surface area contributed by atoms with Crippen LogP contribution < -0.4 is 4.90 Å². The van der Waals surface area contributed by atoms with E-state index < -0.39 is 0 Å². The zero-order valence-electron chi connectivity index (χ0n) is 27.0. The smallest absolute Gasteiger partial charge is 0.160 e. The molecule has 1 aliphatic rings. The second-order valence-electron chi connectivity index (χ2n) is 12.7. The van der Waals surface area contributed by atoms with E-state index in [1.165, 1.54) is 0 Å². The van der Waals surface area contributed by atoms with Crippen molar-refractivity contribution in [2.24, 2.45) is 0 Å². The molecule has 234 valence electrons. The summed E-state index contributed by atoms with van der Waals surface area (Å²) in [5, 5.41) is 2.17. The summed E-state index contributed by atoms with van der Waals surface area (Å²) in [6, 6.07) is 61.7. The fraction of sp³-hybridized carbons (Fsp3) is 0. The number of anilines is 3. The van der Waals surface area contributed by atoms with Gasteiger partial charge in [0.25, 0.3) is 0 Å². The molecule has 0 aliphatic carbocycles. The van der Waals surface area contributed by atoms with E-state index in [4.69, 9.17) is 14.4 Å². The first-order valence-electron chi connectivity index (χ1n) is 16.8. The summed E-state index contributed by atoms with van der Waals surface area (Å²) in [6.45, 7) is 0. The predicted molar refractivity (Wildman–Crippen MR) is 205 cm³/mol. The lowest BCUT2D eigenvalue weighted by Crippen LogP contribution is -2.10. The molecule has 10 rings (SSSR count). The van der Waals surface area contributed by atoms with E-state index in [0.717, 1.165) is 89.3 Å². The van der Waals surface area contributed by atoms with Crippen molar-refractivity contribution in [3.8, 4) is 56.2 Å². The van der Waals surface area contributed by atoms with E-state index in [9.17, 15) is 0 Å². The normalized spacial score (nSPS) is 12.0. The Hall–Kier alpha value is -6.78. The van der Waals surface area contributed by atoms with E-state index >= 15 is 0 Å². The molecular weight excluding hydrogens is 611 g/mol. The molecule has 3 heterocycles. The first-order valence-corrected chi connectivity index (χ1v) is 16.8. The van der Waals surface area contributed by atoms with Crippen LogP contribution in [0.4, 0.5) is 17.1 Å². The van der Waals surface area contributed by atoms with Crippen molar-refractivity contribution < 1.29 is 4.42 Å². The van der Waals surface area contributed by atoms with Crippen LogP contribution >= 0.6 is 0 Å². The van der Waals surface area contributed by atoms with Gasteiger partial charge in [0.2, 0.25) is 0 Å². The van der Waals surface area contributed by atoms with Crippen molar-refractivity contribution in [1.82, 2.24) is 9.97 Å². The Balaban J connectivity index is 1.32. The number of para-hydroxylation sites is 2. The maximum absolute atomic E-state index is 6.60. The number of fused-ring (bicyclic) bond motifs is 18. The zero-order valence-corrected chi connectivity index (χ0v) is 27.0. The van der Waals surface area contributed by atoms with Gasteiger partial charge in [0.1, 0.15) is 11.2 Å². The minimum absolute atomic E-state index is 0.679. The highest BCUT2D eigenvalue weighted by Crippen LogP contribution is 2.45. The van der Waals surface area contributed by atoms with Crippen LogP contribution in [0, 0.1) is 0 Å². The van der Waals surface area contributed by atoms with Crippen LogP contribution in [-0.2, 0) is 0 Å². The maximum atomic E-state index is 6.60. The number of aromatic nitrogens is 2. The number of hydrogen-bond donors (Lipinski definition) is 0. The highest BCUT2D eigenvalue weighted by Gasteiger charge is 2.21. The number of hydrogen-bond acceptors (Lipinski definition) is 4. The predicted octanol–water partition coefficient (Wildman–Crippen LogP) is 12.5. The molecule has 7 aromatic carbocycles. The molecule has 0 unspecified atom stereocenters. The summed E-state index contributed by atoms with van der Waals surface area (Å²) in [7, 11) is 0. The minimum atomic E-state index is 0.679. The maximum Gasteiger partial charge on any atom is 0.160 e. The van der Waals surface area contributed by atoms with Crippen LogP contribution in [-0.4, -0.2) is 9.97 Å². The SMILES string of the molecule is c1ccc(-c2cc3nc(n2)-c2cccc(c2)-c2cc(cc4oc5ccccc5c24)N(c2ccccc2)c2cccc(c2)-c2cccc-3c2)cc1. The van der Waals surface area contributed by atoms with Gasteiger partial charge < -0.3 is 9.32 Å². The van der Waals surface area contributed by atoms with Gasteiger partial charge in [-0.15, -0.1) is 0 Å². The molecule has 2 aromatic heterocycles. The zero-order chi connectivity index (χ0) is 33.0. The Morgan fingerprint density at radius 3 is 1.82 bits per heavy atom. The van der Waals surface area contributed by atoms with Crippen molar-refractivity contribution in [3.05, 3.63) is 176 Å². The molecule has 0 saturated heterocycles. The molecule has 4 nitrogen and oxygen atoms in total. The van der Waals surface area contributed by atoms with E-state index in [-0.39, 0.29) is 0 Å². The average Bonchev–Trinajstić information content (AvgIpc) is 3.57. The minimum Gasteiger partial charge on any atom is -0.456 e. The number of nitrogens with zero attached hydrogens (tertiary/aromatic N) is 3. The van der Waals surface area contributed by atoms with E-state index in [2.05, 4.69) is 163 Å². The Bertz CT molecular complexity index is 2710. The molecule has 0 spiro atoms. The van der Waals surface area contributed by atoms with Gasteiger partial charge in [-0.25, -0.2) is 9.97 Å². The molecule has 10 bridgehead atoms. The van der Waals surface area contributed by atoms with Crippen molar-refractivity contribution in [2.45, 2.75) is 0 Å². The molecular formula is C46H29N3O. The highest BCUT2D eigenvalue weighted by molar-refractivity contribution is 6.14. The molecule has 9 aromatic rings. The topological polar surface area (TPSA) is 42.2 Å². The second-order valence-corrected chi connectivity index (χ2v) is 12.7. The van der Waals surface area contributed by atoms with Gasteiger partial charge in [0.05, 0.1) is 17.1 Å². The molecule has 0 amide bonds. The summed E-state index contributed by atoms with van der Waals surface area (Å²) < 4.78 is 6.60. The Labute approximate surface area is 289 Å². The van der Waals surface area contributed by atoms with Crippen molar-refractivity contribution in [2.75, 3.05) is 4.90 Å². The van der Waals surface area contributed by atoms with Gasteiger partial charge in [0.15, 0.2) is 5.82 Å². The lowest BCUT2D eigenvalue weighted by molar-refractivity contribution is 0.669. The quantitative estimate of drug-likeness (QED) is 0.189. The molecule has 4 heteroatoms. The van der Waals surface area contributed by atoms with Gasteiger partial charge >= 0.3 is 0 Å². The van der Waals surface area contributed by atoms with Crippen LogP contribution in [0.1, 0.15) is 0 Å². The van der Waals surface area contributed by atoms with E-state index in [1.54, 1.807) is 0 Å². The largest absolute Gasteiger partial charge is 0.456 e. The molecule has 0 saturated carbocycles. The van der Waals surface area contributed by atoms with Crippen molar-refractivity contribution >= 4 is 39.0 Å². The Morgan fingerprint density at radius 1 is 0.380 bits per heavy atom. The van der Waals surface area contributed by atoms with Crippen LogP contribution in [0.5, 0.6) is 0 Å². The monoisotopic (exact) mass is 639 g/mol.